The van der Waals surface area contributed by atoms with Gasteiger partial charge in [-0.2, -0.15) is 4.98 Å². The van der Waals surface area contributed by atoms with Gasteiger partial charge in [0, 0.05) is 17.1 Å². The number of thioether (sulfide) groups is 1. The van der Waals surface area contributed by atoms with Gasteiger partial charge in [-0.25, -0.2) is 4.68 Å². The number of hydrogen-bond donors (Lipinski definition) is 2. The number of nitrogens with one attached hydrogen (secondary N) is 2. The van der Waals surface area contributed by atoms with Crippen LogP contribution in [0.2, 0.25) is 0 Å². The third-order valence-electron chi connectivity index (χ3n) is 6.98. The quantitative estimate of drug-likeness (QED) is 0.243. The van der Waals surface area contributed by atoms with Gasteiger partial charge in [-0.15, -0.1) is 5.10 Å². The molecule has 0 saturated carbocycles. The Morgan fingerprint density at radius 3 is 2.46 bits per heavy atom. The van der Waals surface area contributed by atoms with E-state index in [1.165, 1.54) is 22.3 Å². The molecular weight excluding hydrogens is 506 g/mol. The van der Waals surface area contributed by atoms with Gasteiger partial charge in [0.25, 0.3) is 5.91 Å². The van der Waals surface area contributed by atoms with E-state index in [1.807, 2.05) is 35.9 Å². The second-order valence-corrected chi connectivity index (χ2v) is 10.7. The third kappa shape index (κ3) is 5.71. The van der Waals surface area contributed by atoms with Crippen LogP contribution < -0.4 is 15.4 Å². The maximum absolute atomic E-state index is 13.7. The number of ether oxygens (including phenoxy) is 1. The van der Waals surface area contributed by atoms with E-state index in [2.05, 4.69) is 73.9 Å². The lowest BCUT2D eigenvalue weighted by Gasteiger charge is -2.28. The molecule has 1 aliphatic rings. The van der Waals surface area contributed by atoms with Gasteiger partial charge in [-0.1, -0.05) is 66.7 Å². The number of aryl methyl sites for hydroxylation is 3. The highest BCUT2D eigenvalue weighted by Crippen LogP contribution is 2.37. The molecule has 2 N–H and O–H groups in total. The number of allylic oxidation sites excluding steroid dienone is 1. The number of amides is 1. The van der Waals surface area contributed by atoms with Gasteiger partial charge in [-0.05, 0) is 73.7 Å². The maximum Gasteiger partial charge on any atom is 0.255 e. The first kappa shape index (κ1) is 26.6. The number of rotatable bonds is 8. The molecule has 0 radical (unpaired) electrons. The average molecular weight is 540 g/mol. The van der Waals surface area contributed by atoms with Crippen molar-refractivity contribution in [3.63, 3.8) is 0 Å². The Balaban J connectivity index is 1.47. The Kier molecular flexibility index (Phi) is 7.74. The summed E-state index contributed by atoms with van der Waals surface area (Å²) < 4.78 is 7.08. The highest BCUT2D eigenvalue weighted by Gasteiger charge is 2.34. The fourth-order valence-electron chi connectivity index (χ4n) is 4.75. The second-order valence-electron chi connectivity index (χ2n) is 9.73. The van der Waals surface area contributed by atoms with E-state index >= 15 is 0 Å². The van der Waals surface area contributed by atoms with Gasteiger partial charge >= 0.3 is 0 Å². The van der Waals surface area contributed by atoms with Gasteiger partial charge in [0.1, 0.15) is 11.8 Å². The van der Waals surface area contributed by atoms with Crippen LogP contribution in [0.3, 0.4) is 0 Å². The molecule has 0 aliphatic carbocycles. The molecule has 2 heterocycles. The number of hydrogen-bond acceptors (Lipinski definition) is 6. The van der Waals surface area contributed by atoms with Gasteiger partial charge < -0.3 is 15.4 Å². The molecule has 0 fully saturated rings. The van der Waals surface area contributed by atoms with E-state index in [4.69, 9.17) is 14.8 Å². The molecular formula is C31H33N5O2S. The minimum atomic E-state index is -0.423. The molecule has 0 unspecified atom stereocenters. The lowest BCUT2D eigenvalue weighted by Crippen LogP contribution is -2.31. The van der Waals surface area contributed by atoms with Crippen LogP contribution in [-0.4, -0.2) is 27.8 Å². The van der Waals surface area contributed by atoms with Crippen molar-refractivity contribution >= 4 is 29.3 Å². The minimum absolute atomic E-state index is 0.194. The molecule has 1 aromatic heterocycles. The number of carbonyl (C=O) groups is 1. The van der Waals surface area contributed by atoms with Crippen molar-refractivity contribution in [1.82, 2.24) is 14.8 Å². The number of nitrogens with zero attached hydrogens (tertiary/aromatic N) is 3. The summed E-state index contributed by atoms with van der Waals surface area (Å²) >= 11 is 1.59. The first-order valence-corrected chi connectivity index (χ1v) is 14.0. The molecule has 8 heteroatoms. The summed E-state index contributed by atoms with van der Waals surface area (Å²) in [6.45, 7) is 8.28. The lowest BCUT2D eigenvalue weighted by atomic mass is 9.94. The van der Waals surface area contributed by atoms with Crippen molar-refractivity contribution in [2.45, 2.75) is 51.1 Å². The number of benzene rings is 3. The molecule has 0 spiro atoms. The first-order chi connectivity index (χ1) is 18.9. The Hall–Kier alpha value is -4.04. The molecule has 3 aromatic carbocycles. The van der Waals surface area contributed by atoms with E-state index in [1.54, 1.807) is 18.9 Å². The number of carbonyl (C=O) groups excluding carboxylic acids is 1. The normalized spacial score (nSPS) is 14.5. The maximum atomic E-state index is 13.7. The summed E-state index contributed by atoms with van der Waals surface area (Å²) in [6.07, 6.45) is 0.944. The predicted molar refractivity (Wildman–Crippen MR) is 157 cm³/mol. The molecule has 7 nitrogen and oxygen atoms in total. The predicted octanol–water partition coefficient (Wildman–Crippen LogP) is 6.69. The topological polar surface area (TPSA) is 81.1 Å². The monoisotopic (exact) mass is 539 g/mol. The van der Waals surface area contributed by atoms with Crippen LogP contribution >= 0.6 is 11.8 Å². The Morgan fingerprint density at radius 1 is 1.05 bits per heavy atom. The zero-order valence-corrected chi connectivity index (χ0v) is 23.7. The Morgan fingerprint density at radius 2 is 1.79 bits per heavy atom. The van der Waals surface area contributed by atoms with Gasteiger partial charge in [-0.3, -0.25) is 4.79 Å². The number of aromatic nitrogens is 3. The third-order valence-corrected chi connectivity index (χ3v) is 7.87. The van der Waals surface area contributed by atoms with Gasteiger partial charge in [0.15, 0.2) is 0 Å². The second kappa shape index (κ2) is 11.4. The van der Waals surface area contributed by atoms with Crippen LogP contribution in [0.4, 0.5) is 11.6 Å². The summed E-state index contributed by atoms with van der Waals surface area (Å²) in [5.41, 5.74) is 8.01. The van der Waals surface area contributed by atoms with Crippen molar-refractivity contribution in [2.75, 3.05) is 17.7 Å². The molecule has 5 rings (SSSR count). The number of methoxy groups -OCH3 is 1. The fraction of sp³-hybridized carbons (Fsp3) is 0.258. The summed E-state index contributed by atoms with van der Waals surface area (Å²) in [7, 11) is 1.62. The number of anilines is 2. The molecule has 1 atom stereocenters. The average Bonchev–Trinajstić information content (AvgIpc) is 3.34. The zero-order valence-electron chi connectivity index (χ0n) is 22.9. The van der Waals surface area contributed by atoms with Crippen LogP contribution in [0.1, 0.15) is 47.7 Å². The number of fused-ring (bicyclic) bond motifs is 1. The van der Waals surface area contributed by atoms with Crippen LogP contribution in [0.25, 0.3) is 0 Å². The molecule has 39 heavy (non-hydrogen) atoms. The van der Waals surface area contributed by atoms with Crippen LogP contribution in [0.5, 0.6) is 5.75 Å². The lowest BCUT2D eigenvalue weighted by molar-refractivity contribution is -0.113. The molecule has 1 aliphatic heterocycles. The van der Waals surface area contributed by atoms with Crippen molar-refractivity contribution in [2.24, 2.45) is 0 Å². The summed E-state index contributed by atoms with van der Waals surface area (Å²) in [4.78, 5) is 18.5. The highest BCUT2D eigenvalue weighted by atomic mass is 32.2. The van der Waals surface area contributed by atoms with Crippen LogP contribution in [0.15, 0.2) is 83.2 Å². The smallest absolute Gasteiger partial charge is 0.255 e. The van der Waals surface area contributed by atoms with Crippen molar-refractivity contribution in [1.29, 1.82) is 0 Å². The zero-order chi connectivity index (χ0) is 27.5. The first-order valence-electron chi connectivity index (χ1n) is 13.0. The SMILES string of the molecule is CCc1ccc([C@H]2C(C(=O)Nc3ccc(OC)cc3)=C(C)Nc3nc(SCc4ccc(C)cc4C)nn32)cc1. The van der Waals surface area contributed by atoms with Crippen molar-refractivity contribution < 1.29 is 9.53 Å². The van der Waals surface area contributed by atoms with E-state index in [0.29, 0.717) is 22.4 Å². The van der Waals surface area contributed by atoms with E-state index in [9.17, 15) is 4.79 Å². The van der Waals surface area contributed by atoms with Crippen LogP contribution in [0, 0.1) is 13.8 Å². The van der Waals surface area contributed by atoms with E-state index < -0.39 is 6.04 Å². The van der Waals surface area contributed by atoms with Crippen LogP contribution in [-0.2, 0) is 17.0 Å². The Bertz CT molecular complexity index is 1520. The van der Waals surface area contributed by atoms with Gasteiger partial charge in [0.05, 0.1) is 12.7 Å². The molecule has 0 bridgehead atoms. The van der Waals surface area contributed by atoms with Crippen molar-refractivity contribution in [3.05, 3.63) is 106 Å². The summed E-state index contributed by atoms with van der Waals surface area (Å²) in [5.74, 6) is 1.93. The minimum Gasteiger partial charge on any atom is -0.497 e. The van der Waals surface area contributed by atoms with E-state index in [-0.39, 0.29) is 5.91 Å². The molecule has 0 saturated heterocycles. The fourth-order valence-corrected chi connectivity index (χ4v) is 5.66. The standard InChI is InChI=1S/C31H33N5O2S/c1-6-22-8-11-23(12-9-22)28-27(29(37)33-25-13-15-26(38-5)16-14-25)21(4)32-30-34-31(35-36(28)30)39-18-24-10-7-19(2)17-20(24)3/h7-17,28H,6,18H2,1-5H3,(H,33,37)(H,32,34,35)/t28-/m0/s1. The summed E-state index contributed by atoms with van der Waals surface area (Å²) in [5, 5.41) is 11.9. The molecule has 1 amide bonds. The van der Waals surface area contributed by atoms with Gasteiger partial charge in [0.2, 0.25) is 11.1 Å². The largest absolute Gasteiger partial charge is 0.497 e. The molecule has 4 aromatic rings. The molecule has 200 valence electrons. The highest BCUT2D eigenvalue weighted by molar-refractivity contribution is 7.98. The van der Waals surface area contributed by atoms with Crippen molar-refractivity contribution in [3.8, 4) is 5.75 Å². The van der Waals surface area contributed by atoms with E-state index in [0.717, 1.165) is 29.2 Å². The Labute approximate surface area is 233 Å². The summed E-state index contributed by atoms with van der Waals surface area (Å²) in [6, 6.07) is 21.8.